The number of fused-ring (bicyclic) bond motifs is 1. The van der Waals surface area contributed by atoms with Crippen LogP contribution in [0.5, 0.6) is 5.75 Å². The molecule has 0 unspecified atom stereocenters. The van der Waals surface area contributed by atoms with Crippen molar-refractivity contribution in [3.8, 4) is 16.9 Å². The molecule has 1 amide bonds. The van der Waals surface area contributed by atoms with Crippen molar-refractivity contribution in [1.82, 2.24) is 5.48 Å². The maximum atomic E-state index is 11.7. The molecular weight excluding hydrogens is 438 g/mol. The highest BCUT2D eigenvalue weighted by Crippen LogP contribution is 2.35. The second-order valence-electron chi connectivity index (χ2n) is 6.24. The van der Waals surface area contributed by atoms with Gasteiger partial charge in [-0.25, -0.2) is 5.48 Å². The molecule has 140 valence electrons. The molecule has 4 nitrogen and oxygen atoms in total. The summed E-state index contributed by atoms with van der Waals surface area (Å²) in [7, 11) is 0. The highest BCUT2D eigenvalue weighted by atomic mass is 79.9. The van der Waals surface area contributed by atoms with Crippen LogP contribution >= 0.6 is 27.3 Å². The normalized spacial score (nSPS) is 10.8. The van der Waals surface area contributed by atoms with E-state index in [1.807, 2.05) is 54.6 Å². The molecule has 0 aliphatic heterocycles. The Balaban J connectivity index is 1.56. The molecule has 0 aliphatic rings. The Kier molecular flexibility index (Phi) is 5.43. The molecule has 0 aliphatic carbocycles. The van der Waals surface area contributed by atoms with E-state index in [4.69, 9.17) is 9.94 Å². The van der Waals surface area contributed by atoms with E-state index in [9.17, 15) is 4.79 Å². The second kappa shape index (κ2) is 8.14. The van der Waals surface area contributed by atoms with Crippen molar-refractivity contribution in [3.05, 3.63) is 87.7 Å². The lowest BCUT2D eigenvalue weighted by Gasteiger charge is -2.08. The van der Waals surface area contributed by atoms with Crippen LogP contribution < -0.4 is 10.2 Å². The summed E-state index contributed by atoms with van der Waals surface area (Å²) in [6.45, 7) is 0.500. The standard InChI is InChI=1S/C22H16BrNO3S/c23-17-3-1-2-14(10-17)12-27-18-7-4-15(5-8-18)20-13-28-21-9-6-16(11-19(20)21)22(25)24-26/h1-11,13,26H,12H2,(H,24,25). The predicted octanol–water partition coefficient (Wildman–Crippen LogP) is 6.03. The van der Waals surface area contributed by atoms with Crippen LogP contribution in [0, 0.1) is 0 Å². The summed E-state index contributed by atoms with van der Waals surface area (Å²) in [5.41, 5.74) is 5.29. The number of halogens is 1. The number of thiophene rings is 1. The first-order valence-corrected chi connectivity index (χ1v) is 10.2. The van der Waals surface area contributed by atoms with Crippen LogP contribution in [-0.4, -0.2) is 11.1 Å². The van der Waals surface area contributed by atoms with Gasteiger partial charge in [-0.3, -0.25) is 10.0 Å². The van der Waals surface area contributed by atoms with Gasteiger partial charge in [0.2, 0.25) is 0 Å². The highest BCUT2D eigenvalue weighted by molar-refractivity contribution is 9.10. The van der Waals surface area contributed by atoms with E-state index in [0.29, 0.717) is 12.2 Å². The summed E-state index contributed by atoms with van der Waals surface area (Å²) >= 11 is 5.08. The summed E-state index contributed by atoms with van der Waals surface area (Å²) in [6, 6.07) is 21.3. The van der Waals surface area contributed by atoms with Gasteiger partial charge in [-0.2, -0.15) is 0 Å². The maximum Gasteiger partial charge on any atom is 0.274 e. The number of ether oxygens (including phenoxy) is 1. The lowest BCUT2D eigenvalue weighted by molar-refractivity contribution is 0.0706. The zero-order chi connectivity index (χ0) is 19.5. The number of carbonyl (C=O) groups excluding carboxylic acids is 1. The molecule has 0 radical (unpaired) electrons. The molecule has 0 bridgehead atoms. The summed E-state index contributed by atoms with van der Waals surface area (Å²) in [6.07, 6.45) is 0. The Morgan fingerprint density at radius 2 is 1.89 bits per heavy atom. The first-order chi connectivity index (χ1) is 13.6. The van der Waals surface area contributed by atoms with Crippen LogP contribution in [0.4, 0.5) is 0 Å². The number of benzene rings is 3. The van der Waals surface area contributed by atoms with Crippen LogP contribution in [0.25, 0.3) is 21.2 Å². The SMILES string of the molecule is O=C(NO)c1ccc2scc(-c3ccc(OCc4cccc(Br)c4)cc3)c2c1. The zero-order valence-electron chi connectivity index (χ0n) is 14.7. The molecule has 0 atom stereocenters. The summed E-state index contributed by atoms with van der Waals surface area (Å²) in [5, 5.41) is 11.9. The van der Waals surface area contributed by atoms with Gasteiger partial charge in [0.05, 0.1) is 0 Å². The fourth-order valence-electron chi connectivity index (χ4n) is 2.98. The molecule has 0 saturated carbocycles. The minimum atomic E-state index is -0.518. The van der Waals surface area contributed by atoms with E-state index in [1.54, 1.807) is 28.9 Å². The molecule has 28 heavy (non-hydrogen) atoms. The number of hydroxylamine groups is 1. The van der Waals surface area contributed by atoms with E-state index >= 15 is 0 Å². The highest BCUT2D eigenvalue weighted by Gasteiger charge is 2.11. The van der Waals surface area contributed by atoms with Crippen LogP contribution in [-0.2, 0) is 6.61 Å². The monoisotopic (exact) mass is 453 g/mol. The van der Waals surface area contributed by atoms with Crippen LogP contribution in [0.15, 0.2) is 76.6 Å². The van der Waals surface area contributed by atoms with E-state index < -0.39 is 5.91 Å². The van der Waals surface area contributed by atoms with Crippen molar-refractivity contribution in [3.63, 3.8) is 0 Å². The van der Waals surface area contributed by atoms with Crippen molar-refractivity contribution < 1.29 is 14.7 Å². The van der Waals surface area contributed by atoms with Gasteiger partial charge in [0, 0.05) is 25.7 Å². The Morgan fingerprint density at radius 1 is 1.07 bits per heavy atom. The summed E-state index contributed by atoms with van der Waals surface area (Å²) in [5.74, 6) is 0.277. The van der Waals surface area contributed by atoms with Gasteiger partial charge in [0.1, 0.15) is 12.4 Å². The molecule has 3 aromatic carbocycles. The number of amides is 1. The largest absolute Gasteiger partial charge is 0.489 e. The molecule has 0 saturated heterocycles. The van der Waals surface area contributed by atoms with Crippen molar-refractivity contribution in [2.45, 2.75) is 6.61 Å². The van der Waals surface area contributed by atoms with Crippen molar-refractivity contribution in [1.29, 1.82) is 0 Å². The van der Waals surface area contributed by atoms with Crippen LogP contribution in [0.3, 0.4) is 0 Å². The lowest BCUT2D eigenvalue weighted by Crippen LogP contribution is -2.18. The second-order valence-corrected chi connectivity index (χ2v) is 8.07. The fraction of sp³-hybridized carbons (Fsp3) is 0.0455. The smallest absolute Gasteiger partial charge is 0.274 e. The molecule has 6 heteroatoms. The third-order valence-electron chi connectivity index (χ3n) is 4.40. The first-order valence-electron chi connectivity index (χ1n) is 8.57. The summed E-state index contributed by atoms with van der Waals surface area (Å²) < 4.78 is 7.99. The van der Waals surface area contributed by atoms with E-state index in [2.05, 4.69) is 21.3 Å². The minimum Gasteiger partial charge on any atom is -0.489 e. The molecular formula is C22H16BrNO3S. The van der Waals surface area contributed by atoms with Crippen molar-refractivity contribution in [2.24, 2.45) is 0 Å². The molecule has 1 aromatic heterocycles. The molecule has 4 aromatic rings. The van der Waals surface area contributed by atoms with Gasteiger partial charge < -0.3 is 4.74 Å². The number of nitrogens with one attached hydrogen (secondary N) is 1. The Labute approximate surface area is 174 Å². The Morgan fingerprint density at radius 3 is 2.64 bits per heavy atom. The number of hydrogen-bond donors (Lipinski definition) is 2. The topological polar surface area (TPSA) is 58.6 Å². The first kappa shape index (κ1) is 18.7. The molecule has 4 rings (SSSR count). The van der Waals surface area contributed by atoms with Crippen LogP contribution in [0.1, 0.15) is 15.9 Å². The fourth-order valence-corrected chi connectivity index (χ4v) is 4.38. The third kappa shape index (κ3) is 3.94. The minimum absolute atomic E-state index is 0.420. The molecule has 0 spiro atoms. The summed E-state index contributed by atoms with van der Waals surface area (Å²) in [4.78, 5) is 11.7. The van der Waals surface area contributed by atoms with Crippen LogP contribution in [0.2, 0.25) is 0 Å². The number of rotatable bonds is 5. The zero-order valence-corrected chi connectivity index (χ0v) is 17.1. The third-order valence-corrected chi connectivity index (χ3v) is 5.85. The van der Waals surface area contributed by atoms with E-state index in [0.717, 1.165) is 37.0 Å². The Hall–Kier alpha value is -2.67. The Bertz CT molecular complexity index is 1140. The van der Waals surface area contributed by atoms with Gasteiger partial charge in [-0.15, -0.1) is 11.3 Å². The van der Waals surface area contributed by atoms with Gasteiger partial charge in [-0.1, -0.05) is 40.2 Å². The van der Waals surface area contributed by atoms with E-state index in [-0.39, 0.29) is 0 Å². The van der Waals surface area contributed by atoms with Gasteiger partial charge in [0.25, 0.3) is 5.91 Å². The lowest BCUT2D eigenvalue weighted by atomic mass is 10.0. The average molecular weight is 454 g/mol. The maximum absolute atomic E-state index is 11.7. The quantitative estimate of drug-likeness (QED) is 0.286. The number of carbonyl (C=O) groups is 1. The van der Waals surface area contributed by atoms with Crippen molar-refractivity contribution >= 4 is 43.3 Å². The number of hydrogen-bond acceptors (Lipinski definition) is 4. The molecule has 2 N–H and O–H groups in total. The molecule has 0 fully saturated rings. The van der Waals surface area contributed by atoms with E-state index in [1.165, 1.54) is 0 Å². The van der Waals surface area contributed by atoms with Gasteiger partial charge in [0.15, 0.2) is 0 Å². The van der Waals surface area contributed by atoms with Gasteiger partial charge in [-0.05, 0) is 59.0 Å². The van der Waals surface area contributed by atoms with Gasteiger partial charge >= 0.3 is 0 Å². The predicted molar refractivity (Wildman–Crippen MR) is 115 cm³/mol. The average Bonchev–Trinajstić information content (AvgIpc) is 3.15. The van der Waals surface area contributed by atoms with Crippen molar-refractivity contribution in [2.75, 3.05) is 0 Å². The molecule has 1 heterocycles.